The lowest BCUT2D eigenvalue weighted by Gasteiger charge is -2.06. The molecule has 0 bridgehead atoms. The van der Waals surface area contributed by atoms with Gasteiger partial charge in [0.15, 0.2) is 17.5 Å². The maximum Gasteiger partial charge on any atom is 0.224 e. The zero-order valence-electron chi connectivity index (χ0n) is 9.02. The van der Waals surface area contributed by atoms with E-state index < -0.39 is 29.0 Å². The van der Waals surface area contributed by atoms with Crippen molar-refractivity contribution >= 4 is 17.4 Å². The molecule has 0 aliphatic carbocycles. The van der Waals surface area contributed by atoms with E-state index in [-0.39, 0.29) is 18.6 Å². The van der Waals surface area contributed by atoms with E-state index in [1.165, 1.54) is 6.92 Å². The third-order valence-corrected chi connectivity index (χ3v) is 2.01. The van der Waals surface area contributed by atoms with E-state index in [9.17, 15) is 22.8 Å². The summed E-state index contributed by atoms with van der Waals surface area (Å²) in [5.74, 6) is -5.25. The van der Waals surface area contributed by atoms with Crippen LogP contribution in [0.2, 0.25) is 0 Å². The summed E-state index contributed by atoms with van der Waals surface area (Å²) >= 11 is 0. The van der Waals surface area contributed by atoms with Gasteiger partial charge in [-0.05, 0) is 19.1 Å². The number of Topliss-reactive ketones (excluding diaryl/α,β-unsaturated/α-hetero) is 1. The lowest BCUT2D eigenvalue weighted by atomic mass is 10.2. The van der Waals surface area contributed by atoms with Crippen LogP contribution in [0.1, 0.15) is 19.8 Å². The molecule has 3 nitrogen and oxygen atoms in total. The molecular weight excluding hydrogens is 235 g/mol. The molecule has 1 rings (SSSR count). The van der Waals surface area contributed by atoms with E-state index >= 15 is 0 Å². The Morgan fingerprint density at radius 2 is 1.76 bits per heavy atom. The van der Waals surface area contributed by atoms with Gasteiger partial charge < -0.3 is 10.1 Å². The highest BCUT2D eigenvalue weighted by atomic mass is 19.2. The third kappa shape index (κ3) is 3.58. The average molecular weight is 245 g/mol. The molecule has 1 aromatic carbocycles. The first kappa shape index (κ1) is 13.2. The van der Waals surface area contributed by atoms with Crippen molar-refractivity contribution in [1.82, 2.24) is 0 Å². The number of hydrogen-bond acceptors (Lipinski definition) is 2. The van der Waals surface area contributed by atoms with Crippen LogP contribution in [0.4, 0.5) is 18.9 Å². The predicted molar refractivity (Wildman–Crippen MR) is 54.9 cm³/mol. The van der Waals surface area contributed by atoms with Crippen molar-refractivity contribution < 1.29 is 22.8 Å². The molecule has 6 heteroatoms. The Morgan fingerprint density at radius 3 is 2.35 bits per heavy atom. The predicted octanol–water partition coefficient (Wildman–Crippen LogP) is 2.41. The molecule has 1 N–H and O–H groups in total. The molecule has 0 unspecified atom stereocenters. The molecule has 1 amide bonds. The summed E-state index contributed by atoms with van der Waals surface area (Å²) in [5.41, 5.74) is -0.447. The summed E-state index contributed by atoms with van der Waals surface area (Å²) < 4.78 is 38.5. The monoisotopic (exact) mass is 245 g/mol. The molecule has 92 valence electrons. The van der Waals surface area contributed by atoms with Gasteiger partial charge in [0.05, 0.1) is 5.69 Å². The number of carbonyl (C=O) groups is 2. The van der Waals surface area contributed by atoms with Crippen LogP contribution in [-0.2, 0) is 9.59 Å². The van der Waals surface area contributed by atoms with Crippen LogP contribution in [0.15, 0.2) is 12.1 Å². The first-order chi connectivity index (χ1) is 7.91. The summed E-state index contributed by atoms with van der Waals surface area (Å²) in [5, 5.41) is 2.06. The maximum atomic E-state index is 13.1. The Labute approximate surface area is 95.6 Å². The van der Waals surface area contributed by atoms with E-state index in [1.807, 2.05) is 0 Å². The minimum atomic E-state index is -1.64. The molecule has 0 aromatic heterocycles. The number of anilines is 1. The molecule has 0 spiro atoms. The second kappa shape index (κ2) is 5.47. The van der Waals surface area contributed by atoms with Crippen molar-refractivity contribution in [3.8, 4) is 0 Å². The highest BCUT2D eigenvalue weighted by Crippen LogP contribution is 2.19. The lowest BCUT2D eigenvalue weighted by molar-refractivity contribution is -0.121. The fraction of sp³-hybridized carbons (Fsp3) is 0.273. The fourth-order valence-corrected chi connectivity index (χ4v) is 1.12. The Hall–Kier alpha value is -1.85. The van der Waals surface area contributed by atoms with Gasteiger partial charge in [0.1, 0.15) is 5.78 Å². The summed E-state index contributed by atoms with van der Waals surface area (Å²) in [4.78, 5) is 21.8. The maximum absolute atomic E-state index is 13.1. The first-order valence-electron chi connectivity index (χ1n) is 4.84. The van der Waals surface area contributed by atoms with Gasteiger partial charge in [-0.3, -0.25) is 4.79 Å². The normalized spacial score (nSPS) is 10.1. The number of nitrogens with one attached hydrogen (secondary N) is 1. The number of amides is 1. The molecule has 1 aromatic rings. The quantitative estimate of drug-likeness (QED) is 0.828. The average Bonchev–Trinajstić information content (AvgIpc) is 2.27. The van der Waals surface area contributed by atoms with Crippen LogP contribution < -0.4 is 5.32 Å². The van der Waals surface area contributed by atoms with Gasteiger partial charge in [0.2, 0.25) is 5.91 Å². The molecule has 0 heterocycles. The molecule has 17 heavy (non-hydrogen) atoms. The van der Waals surface area contributed by atoms with E-state index in [1.54, 1.807) is 0 Å². The van der Waals surface area contributed by atoms with Crippen LogP contribution in [-0.4, -0.2) is 11.7 Å². The molecular formula is C11H10F3NO2. The second-order valence-electron chi connectivity index (χ2n) is 3.47. The van der Waals surface area contributed by atoms with Gasteiger partial charge in [0.25, 0.3) is 0 Å². The number of benzene rings is 1. The van der Waals surface area contributed by atoms with E-state index in [2.05, 4.69) is 5.32 Å². The molecule has 0 saturated heterocycles. The number of halogens is 3. The van der Waals surface area contributed by atoms with Crippen LogP contribution in [0.3, 0.4) is 0 Å². The Kier molecular flexibility index (Phi) is 4.25. The molecule has 0 fully saturated rings. The van der Waals surface area contributed by atoms with Gasteiger partial charge >= 0.3 is 0 Å². The number of hydrogen-bond donors (Lipinski definition) is 1. The van der Waals surface area contributed by atoms with Gasteiger partial charge in [-0.2, -0.15) is 0 Å². The van der Waals surface area contributed by atoms with Crippen molar-refractivity contribution in [3.05, 3.63) is 29.6 Å². The van der Waals surface area contributed by atoms with Crippen LogP contribution >= 0.6 is 0 Å². The SMILES string of the molecule is CC(=O)CCC(=O)Nc1ccc(F)c(F)c1F. The van der Waals surface area contributed by atoms with E-state index in [0.717, 1.165) is 6.07 Å². The highest BCUT2D eigenvalue weighted by Gasteiger charge is 2.15. The van der Waals surface area contributed by atoms with Crippen molar-refractivity contribution in [2.45, 2.75) is 19.8 Å². The van der Waals surface area contributed by atoms with Crippen LogP contribution in [0.5, 0.6) is 0 Å². The van der Waals surface area contributed by atoms with Crippen molar-refractivity contribution in [2.24, 2.45) is 0 Å². The van der Waals surface area contributed by atoms with E-state index in [4.69, 9.17) is 0 Å². The summed E-state index contributed by atoms with van der Waals surface area (Å²) in [6.45, 7) is 1.31. The number of ketones is 1. The highest BCUT2D eigenvalue weighted by molar-refractivity contribution is 5.93. The number of rotatable bonds is 4. The minimum absolute atomic E-state index is 0.0110. The standard InChI is InChI=1S/C11H10F3NO2/c1-6(16)2-5-9(17)15-8-4-3-7(12)10(13)11(8)14/h3-4H,2,5H2,1H3,(H,15,17). The second-order valence-corrected chi connectivity index (χ2v) is 3.47. The zero-order valence-corrected chi connectivity index (χ0v) is 9.02. The summed E-state index contributed by atoms with van der Waals surface area (Å²) in [7, 11) is 0. The molecule has 0 atom stereocenters. The van der Waals surface area contributed by atoms with Gasteiger partial charge in [-0.15, -0.1) is 0 Å². The Balaban J connectivity index is 2.72. The van der Waals surface area contributed by atoms with Gasteiger partial charge in [-0.1, -0.05) is 0 Å². The molecule has 0 radical (unpaired) electrons. The zero-order chi connectivity index (χ0) is 13.0. The Bertz CT molecular complexity index is 460. The van der Waals surface area contributed by atoms with Gasteiger partial charge in [0, 0.05) is 12.8 Å². The van der Waals surface area contributed by atoms with Crippen molar-refractivity contribution in [2.75, 3.05) is 5.32 Å². The smallest absolute Gasteiger partial charge is 0.224 e. The molecule has 0 saturated carbocycles. The first-order valence-corrected chi connectivity index (χ1v) is 4.84. The largest absolute Gasteiger partial charge is 0.323 e. The molecule has 0 aliphatic heterocycles. The topological polar surface area (TPSA) is 46.2 Å². The van der Waals surface area contributed by atoms with Crippen molar-refractivity contribution in [1.29, 1.82) is 0 Å². The van der Waals surface area contributed by atoms with Gasteiger partial charge in [-0.25, -0.2) is 13.2 Å². The third-order valence-electron chi connectivity index (χ3n) is 2.01. The minimum Gasteiger partial charge on any atom is -0.323 e. The van der Waals surface area contributed by atoms with Crippen molar-refractivity contribution in [3.63, 3.8) is 0 Å². The van der Waals surface area contributed by atoms with Crippen LogP contribution in [0, 0.1) is 17.5 Å². The number of carbonyl (C=O) groups excluding carboxylic acids is 2. The Morgan fingerprint density at radius 1 is 1.12 bits per heavy atom. The fourth-order valence-electron chi connectivity index (χ4n) is 1.12. The van der Waals surface area contributed by atoms with Crippen LogP contribution in [0.25, 0.3) is 0 Å². The summed E-state index contributed by atoms with van der Waals surface area (Å²) in [6, 6.07) is 1.62. The molecule has 0 aliphatic rings. The summed E-state index contributed by atoms with van der Waals surface area (Å²) in [6.07, 6.45) is -0.120. The lowest BCUT2D eigenvalue weighted by Crippen LogP contribution is -2.14. The van der Waals surface area contributed by atoms with E-state index in [0.29, 0.717) is 6.07 Å².